The molecular weight excluding hydrogens is 306 g/mol. The molecule has 1 unspecified atom stereocenters. The topological polar surface area (TPSA) is 83.0 Å². The Bertz CT molecular complexity index is 722. The summed E-state index contributed by atoms with van der Waals surface area (Å²) in [5.41, 5.74) is 0.878. The van der Waals surface area contributed by atoms with Crippen molar-refractivity contribution in [1.29, 1.82) is 5.26 Å². The average Bonchev–Trinajstić information content (AvgIpc) is 3.04. The summed E-state index contributed by atoms with van der Waals surface area (Å²) in [4.78, 5) is 17.3. The van der Waals surface area contributed by atoms with Crippen LogP contribution in [-0.4, -0.2) is 34.0 Å². The molecule has 23 heavy (non-hydrogen) atoms. The minimum Gasteiger partial charge on any atom is -0.338 e. The van der Waals surface area contributed by atoms with Crippen LogP contribution in [-0.2, 0) is 0 Å². The molecule has 8 heteroatoms. The van der Waals surface area contributed by atoms with Crippen molar-refractivity contribution in [2.24, 2.45) is 0 Å². The second kappa shape index (κ2) is 6.96. The zero-order valence-corrected chi connectivity index (χ0v) is 12.5. The van der Waals surface area contributed by atoms with E-state index in [4.69, 9.17) is 5.26 Å². The SMILES string of the molecule is CC(CC#N)N(C)C(=O)c1ccc(-c2noc(C(F)F)n2)cc1. The molecule has 0 saturated heterocycles. The molecular formula is C15H14F2N4O2. The molecule has 2 rings (SSSR count). The van der Waals surface area contributed by atoms with Gasteiger partial charge in [-0.05, 0) is 19.1 Å². The predicted molar refractivity (Wildman–Crippen MR) is 76.5 cm³/mol. The fourth-order valence-corrected chi connectivity index (χ4v) is 1.88. The van der Waals surface area contributed by atoms with Crippen LogP contribution in [0, 0.1) is 11.3 Å². The Kier molecular flexibility index (Phi) is 5.01. The molecule has 6 nitrogen and oxygen atoms in total. The summed E-state index contributed by atoms with van der Waals surface area (Å²) in [6, 6.07) is 8.00. The fraction of sp³-hybridized carbons (Fsp3) is 0.333. The summed E-state index contributed by atoms with van der Waals surface area (Å²) in [5, 5.41) is 12.1. The van der Waals surface area contributed by atoms with E-state index in [1.165, 1.54) is 4.90 Å². The van der Waals surface area contributed by atoms with E-state index in [-0.39, 0.29) is 24.2 Å². The zero-order valence-electron chi connectivity index (χ0n) is 12.5. The molecule has 1 heterocycles. The number of hydrogen-bond acceptors (Lipinski definition) is 5. The number of halogens is 2. The lowest BCUT2D eigenvalue weighted by molar-refractivity contribution is 0.0746. The Balaban J connectivity index is 2.15. The van der Waals surface area contributed by atoms with E-state index < -0.39 is 12.3 Å². The third-order valence-corrected chi connectivity index (χ3v) is 3.39. The van der Waals surface area contributed by atoms with Crippen LogP contribution >= 0.6 is 0 Å². The molecule has 120 valence electrons. The highest BCUT2D eigenvalue weighted by Crippen LogP contribution is 2.22. The van der Waals surface area contributed by atoms with Crippen LogP contribution in [0.5, 0.6) is 0 Å². The number of rotatable bonds is 5. The van der Waals surface area contributed by atoms with Gasteiger partial charge in [0.2, 0.25) is 5.82 Å². The molecule has 1 atom stereocenters. The molecule has 0 radical (unpaired) electrons. The Hall–Kier alpha value is -2.82. The van der Waals surface area contributed by atoms with E-state index in [0.717, 1.165) is 0 Å². The number of aromatic nitrogens is 2. The standard InChI is InChI=1S/C15H14F2N4O2/c1-9(7-8-18)21(2)15(22)11-5-3-10(4-6-11)13-19-14(12(16)17)23-20-13/h3-6,9,12H,7H2,1-2H3. The molecule has 0 aliphatic carbocycles. The first-order chi connectivity index (χ1) is 10.9. The maximum Gasteiger partial charge on any atom is 0.315 e. The summed E-state index contributed by atoms with van der Waals surface area (Å²) >= 11 is 0. The van der Waals surface area contributed by atoms with Crippen molar-refractivity contribution < 1.29 is 18.1 Å². The van der Waals surface area contributed by atoms with Gasteiger partial charge < -0.3 is 9.42 Å². The molecule has 0 N–H and O–H groups in total. The van der Waals surface area contributed by atoms with Crippen molar-refractivity contribution in [1.82, 2.24) is 15.0 Å². The normalized spacial score (nSPS) is 12.0. The highest BCUT2D eigenvalue weighted by atomic mass is 19.3. The van der Waals surface area contributed by atoms with Crippen molar-refractivity contribution >= 4 is 5.91 Å². The summed E-state index contributed by atoms with van der Waals surface area (Å²) in [6.45, 7) is 1.78. The molecule has 0 saturated carbocycles. The summed E-state index contributed by atoms with van der Waals surface area (Å²) in [7, 11) is 1.62. The van der Waals surface area contributed by atoms with E-state index >= 15 is 0 Å². The van der Waals surface area contributed by atoms with Gasteiger partial charge in [0, 0.05) is 24.2 Å². The van der Waals surface area contributed by atoms with Crippen molar-refractivity contribution in [3.05, 3.63) is 35.7 Å². The Morgan fingerprint density at radius 2 is 2.04 bits per heavy atom. The van der Waals surface area contributed by atoms with Gasteiger partial charge in [-0.15, -0.1) is 0 Å². The minimum atomic E-state index is -2.83. The lowest BCUT2D eigenvalue weighted by Crippen LogP contribution is -2.34. The van der Waals surface area contributed by atoms with Crippen LogP contribution in [0.3, 0.4) is 0 Å². The third kappa shape index (κ3) is 3.69. The number of nitriles is 1. The van der Waals surface area contributed by atoms with Crippen molar-refractivity contribution in [3.8, 4) is 17.5 Å². The molecule has 0 fully saturated rings. The van der Waals surface area contributed by atoms with Gasteiger partial charge in [0.15, 0.2) is 0 Å². The van der Waals surface area contributed by atoms with Crippen LogP contribution in [0.25, 0.3) is 11.4 Å². The molecule has 0 bridgehead atoms. The second-order valence-corrected chi connectivity index (χ2v) is 4.96. The van der Waals surface area contributed by atoms with Gasteiger partial charge in [-0.1, -0.05) is 17.3 Å². The van der Waals surface area contributed by atoms with E-state index in [1.54, 1.807) is 38.2 Å². The number of carbonyl (C=O) groups is 1. The van der Waals surface area contributed by atoms with Gasteiger partial charge in [-0.3, -0.25) is 4.79 Å². The largest absolute Gasteiger partial charge is 0.338 e. The van der Waals surface area contributed by atoms with E-state index in [0.29, 0.717) is 11.1 Å². The lowest BCUT2D eigenvalue weighted by atomic mass is 10.1. The number of nitrogens with zero attached hydrogens (tertiary/aromatic N) is 4. The predicted octanol–water partition coefficient (Wildman–Crippen LogP) is 3.05. The molecule has 1 amide bonds. The Morgan fingerprint density at radius 1 is 1.39 bits per heavy atom. The number of amides is 1. The average molecular weight is 320 g/mol. The zero-order chi connectivity index (χ0) is 17.0. The molecule has 2 aromatic rings. The van der Waals surface area contributed by atoms with Gasteiger partial charge in [-0.2, -0.15) is 19.0 Å². The molecule has 1 aromatic carbocycles. The van der Waals surface area contributed by atoms with Gasteiger partial charge in [0.05, 0.1) is 12.5 Å². The van der Waals surface area contributed by atoms with Crippen LogP contribution in [0.1, 0.15) is 36.0 Å². The van der Waals surface area contributed by atoms with E-state index in [1.807, 2.05) is 6.07 Å². The molecule has 0 spiro atoms. The van der Waals surface area contributed by atoms with Crippen LogP contribution < -0.4 is 0 Å². The van der Waals surface area contributed by atoms with Crippen LogP contribution in [0.4, 0.5) is 8.78 Å². The highest BCUT2D eigenvalue weighted by molar-refractivity contribution is 5.94. The van der Waals surface area contributed by atoms with Gasteiger partial charge in [0.25, 0.3) is 11.8 Å². The molecule has 0 aliphatic rings. The first kappa shape index (κ1) is 16.5. The Labute approximate surface area is 131 Å². The highest BCUT2D eigenvalue weighted by Gasteiger charge is 2.19. The first-order valence-electron chi connectivity index (χ1n) is 6.80. The van der Waals surface area contributed by atoms with Crippen molar-refractivity contribution in [2.75, 3.05) is 7.05 Å². The number of hydrogen-bond donors (Lipinski definition) is 0. The smallest absolute Gasteiger partial charge is 0.315 e. The molecule has 0 aliphatic heterocycles. The second-order valence-electron chi connectivity index (χ2n) is 4.96. The maximum absolute atomic E-state index is 12.4. The lowest BCUT2D eigenvalue weighted by Gasteiger charge is -2.23. The van der Waals surface area contributed by atoms with Crippen LogP contribution in [0.15, 0.2) is 28.8 Å². The van der Waals surface area contributed by atoms with Crippen molar-refractivity contribution in [2.45, 2.75) is 25.8 Å². The van der Waals surface area contributed by atoms with Gasteiger partial charge in [0.1, 0.15) is 0 Å². The first-order valence-corrected chi connectivity index (χ1v) is 6.80. The monoisotopic (exact) mass is 320 g/mol. The summed E-state index contributed by atoms with van der Waals surface area (Å²) in [6.07, 6.45) is -2.59. The number of benzene rings is 1. The maximum atomic E-state index is 12.4. The van der Waals surface area contributed by atoms with Crippen molar-refractivity contribution in [3.63, 3.8) is 0 Å². The number of alkyl halides is 2. The third-order valence-electron chi connectivity index (χ3n) is 3.39. The van der Waals surface area contributed by atoms with Crippen LogP contribution in [0.2, 0.25) is 0 Å². The van der Waals surface area contributed by atoms with Gasteiger partial charge in [-0.25, -0.2) is 0 Å². The summed E-state index contributed by atoms with van der Waals surface area (Å²) in [5.74, 6) is -0.948. The Morgan fingerprint density at radius 3 is 2.57 bits per heavy atom. The molecule has 1 aromatic heterocycles. The van der Waals surface area contributed by atoms with E-state index in [9.17, 15) is 13.6 Å². The quantitative estimate of drug-likeness (QED) is 0.845. The van der Waals surface area contributed by atoms with E-state index in [2.05, 4.69) is 14.7 Å². The number of carbonyl (C=O) groups excluding carboxylic acids is 1. The summed E-state index contributed by atoms with van der Waals surface area (Å²) < 4.78 is 29.3. The minimum absolute atomic E-state index is 0.0329. The fourth-order valence-electron chi connectivity index (χ4n) is 1.88. The van der Waals surface area contributed by atoms with Gasteiger partial charge >= 0.3 is 6.43 Å².